The first-order chi connectivity index (χ1) is 9.13. The van der Waals surface area contributed by atoms with Crippen molar-refractivity contribution in [1.29, 1.82) is 0 Å². The van der Waals surface area contributed by atoms with Crippen LogP contribution >= 0.6 is 0 Å². The molecule has 100 valence electrons. The Balaban J connectivity index is 1.80. The zero-order chi connectivity index (χ0) is 13.7. The molecule has 4 nitrogen and oxygen atoms in total. The van der Waals surface area contributed by atoms with Crippen LogP contribution in [0.2, 0.25) is 0 Å². The van der Waals surface area contributed by atoms with Gasteiger partial charge in [0.1, 0.15) is 6.54 Å². The number of hydrogen-bond acceptors (Lipinski definition) is 2. The zero-order valence-electron chi connectivity index (χ0n) is 11.3. The van der Waals surface area contributed by atoms with Crippen LogP contribution in [0.4, 0.5) is 5.69 Å². The third-order valence-electron chi connectivity index (χ3n) is 2.76. The summed E-state index contributed by atoms with van der Waals surface area (Å²) in [5.74, 6) is 0.871. The maximum Gasteiger partial charge on any atom is 0.279 e. The third-order valence-corrected chi connectivity index (χ3v) is 2.76. The summed E-state index contributed by atoms with van der Waals surface area (Å²) in [7, 11) is 0. The molecule has 19 heavy (non-hydrogen) atoms. The minimum absolute atomic E-state index is 0.00319. The maximum atomic E-state index is 11.8. The van der Waals surface area contributed by atoms with Crippen molar-refractivity contribution in [2.45, 2.75) is 20.4 Å². The maximum absolute atomic E-state index is 11.8. The molecule has 0 saturated heterocycles. The second-order valence-corrected chi connectivity index (χ2v) is 4.70. The molecule has 0 saturated carbocycles. The summed E-state index contributed by atoms with van der Waals surface area (Å²) < 4.78 is 5.20. The van der Waals surface area contributed by atoms with Crippen LogP contribution in [0, 0.1) is 13.8 Å². The molecule has 1 amide bonds. The van der Waals surface area contributed by atoms with E-state index in [0.717, 1.165) is 22.6 Å². The molecule has 2 rings (SSSR count). The Morgan fingerprint density at radius 2 is 2.00 bits per heavy atom. The normalized spacial score (nSPS) is 10.4. The van der Waals surface area contributed by atoms with Gasteiger partial charge in [0.25, 0.3) is 5.91 Å². The van der Waals surface area contributed by atoms with Gasteiger partial charge < -0.3 is 15.1 Å². The van der Waals surface area contributed by atoms with E-state index in [9.17, 15) is 4.79 Å². The fraction of sp³-hybridized carbons (Fsp3) is 0.267. The van der Waals surface area contributed by atoms with Gasteiger partial charge in [-0.3, -0.25) is 4.79 Å². The lowest BCUT2D eigenvalue weighted by molar-refractivity contribution is -0.661. The number of furan rings is 1. The Morgan fingerprint density at radius 3 is 2.63 bits per heavy atom. The van der Waals surface area contributed by atoms with Gasteiger partial charge >= 0.3 is 0 Å². The van der Waals surface area contributed by atoms with Gasteiger partial charge in [0.05, 0.1) is 6.26 Å². The number of hydrogen-bond donors (Lipinski definition) is 2. The van der Waals surface area contributed by atoms with E-state index in [4.69, 9.17) is 4.42 Å². The van der Waals surface area contributed by atoms with Gasteiger partial charge in [-0.2, -0.15) is 0 Å². The molecule has 0 aliphatic rings. The second kappa shape index (κ2) is 6.20. The van der Waals surface area contributed by atoms with Crippen molar-refractivity contribution in [2.24, 2.45) is 0 Å². The topological polar surface area (TPSA) is 58.9 Å². The third kappa shape index (κ3) is 4.26. The second-order valence-electron chi connectivity index (χ2n) is 4.70. The molecule has 0 aliphatic carbocycles. The molecular formula is C15H19N2O2+. The molecule has 0 atom stereocenters. The lowest BCUT2D eigenvalue weighted by Gasteiger charge is -2.06. The van der Waals surface area contributed by atoms with Crippen LogP contribution in [0.1, 0.15) is 16.9 Å². The number of carbonyl (C=O) groups excluding carboxylic acids is 1. The van der Waals surface area contributed by atoms with Crippen molar-refractivity contribution in [3.63, 3.8) is 0 Å². The van der Waals surface area contributed by atoms with Gasteiger partial charge in [0.2, 0.25) is 0 Å². The summed E-state index contributed by atoms with van der Waals surface area (Å²) in [5.41, 5.74) is 3.15. The molecule has 0 spiro atoms. The first kappa shape index (κ1) is 13.4. The Labute approximate surface area is 112 Å². The molecule has 4 heteroatoms. The molecule has 1 aromatic carbocycles. The Kier molecular flexibility index (Phi) is 4.36. The molecule has 3 N–H and O–H groups in total. The van der Waals surface area contributed by atoms with Crippen molar-refractivity contribution in [2.75, 3.05) is 11.9 Å². The molecule has 1 aromatic heterocycles. The van der Waals surface area contributed by atoms with Crippen LogP contribution in [0.3, 0.4) is 0 Å². The number of amides is 1. The van der Waals surface area contributed by atoms with E-state index in [1.165, 1.54) is 0 Å². The van der Waals surface area contributed by atoms with E-state index in [-0.39, 0.29) is 5.91 Å². The van der Waals surface area contributed by atoms with Crippen LogP contribution in [-0.4, -0.2) is 12.5 Å². The smallest absolute Gasteiger partial charge is 0.279 e. The largest absolute Gasteiger partial charge is 0.463 e. The summed E-state index contributed by atoms with van der Waals surface area (Å²) in [6.45, 7) is 5.10. The van der Waals surface area contributed by atoms with E-state index < -0.39 is 0 Å². The number of nitrogens with two attached hydrogens (primary N) is 1. The van der Waals surface area contributed by atoms with Crippen molar-refractivity contribution in [1.82, 2.24) is 0 Å². The minimum atomic E-state index is -0.00319. The summed E-state index contributed by atoms with van der Waals surface area (Å²) in [5, 5.41) is 4.82. The number of nitrogens with one attached hydrogen (secondary N) is 1. The molecular weight excluding hydrogens is 240 g/mol. The molecule has 0 fully saturated rings. The highest BCUT2D eigenvalue weighted by atomic mass is 16.3. The van der Waals surface area contributed by atoms with Crippen LogP contribution in [-0.2, 0) is 11.3 Å². The average Bonchev–Trinajstić information content (AvgIpc) is 2.80. The van der Waals surface area contributed by atoms with Gasteiger partial charge in [0, 0.05) is 5.69 Å². The Hall–Kier alpha value is -2.07. The van der Waals surface area contributed by atoms with Gasteiger partial charge in [-0.1, -0.05) is 6.07 Å². The van der Waals surface area contributed by atoms with Gasteiger partial charge in [-0.05, 0) is 49.2 Å². The number of rotatable bonds is 5. The SMILES string of the molecule is Cc1cc(C)cc(NC(=O)C[NH2+]Cc2ccco2)c1. The predicted octanol–water partition coefficient (Wildman–Crippen LogP) is 1.60. The fourth-order valence-corrected chi connectivity index (χ4v) is 2.03. The fourth-order valence-electron chi connectivity index (χ4n) is 2.03. The van der Waals surface area contributed by atoms with Crippen LogP contribution < -0.4 is 10.6 Å². The standard InChI is InChI=1S/C15H18N2O2/c1-11-6-12(2)8-13(7-11)17-15(18)10-16-9-14-4-3-5-19-14/h3-8,16H,9-10H2,1-2H3,(H,17,18)/p+1. The summed E-state index contributed by atoms with van der Waals surface area (Å²) in [6.07, 6.45) is 1.64. The molecule has 0 radical (unpaired) electrons. The van der Waals surface area contributed by atoms with Crippen LogP contribution in [0.25, 0.3) is 0 Å². The first-order valence-electron chi connectivity index (χ1n) is 6.35. The monoisotopic (exact) mass is 259 g/mol. The Bertz CT molecular complexity index is 527. The highest BCUT2D eigenvalue weighted by molar-refractivity contribution is 5.91. The number of carbonyl (C=O) groups is 1. The predicted molar refractivity (Wildman–Crippen MR) is 73.8 cm³/mol. The van der Waals surface area contributed by atoms with E-state index in [1.54, 1.807) is 6.26 Å². The van der Waals surface area contributed by atoms with Gasteiger partial charge in [0.15, 0.2) is 12.3 Å². The lowest BCUT2D eigenvalue weighted by Crippen LogP contribution is -2.84. The number of aryl methyl sites for hydroxylation is 2. The average molecular weight is 259 g/mol. The van der Waals surface area contributed by atoms with Crippen molar-refractivity contribution >= 4 is 11.6 Å². The van der Waals surface area contributed by atoms with Gasteiger partial charge in [-0.15, -0.1) is 0 Å². The molecule has 0 unspecified atom stereocenters. The van der Waals surface area contributed by atoms with Crippen LogP contribution in [0.5, 0.6) is 0 Å². The van der Waals surface area contributed by atoms with Crippen LogP contribution in [0.15, 0.2) is 41.0 Å². The van der Waals surface area contributed by atoms with E-state index in [1.807, 2.05) is 43.4 Å². The molecule has 2 aromatic rings. The zero-order valence-corrected chi connectivity index (χ0v) is 11.3. The highest BCUT2D eigenvalue weighted by Crippen LogP contribution is 2.13. The van der Waals surface area contributed by atoms with Crippen molar-refractivity contribution in [3.8, 4) is 0 Å². The summed E-state index contributed by atoms with van der Waals surface area (Å²) >= 11 is 0. The summed E-state index contributed by atoms with van der Waals surface area (Å²) in [6, 6.07) is 9.77. The molecule has 0 aliphatic heterocycles. The minimum Gasteiger partial charge on any atom is -0.463 e. The molecule has 1 heterocycles. The number of anilines is 1. The van der Waals surface area contributed by atoms with E-state index in [0.29, 0.717) is 13.1 Å². The highest BCUT2D eigenvalue weighted by Gasteiger charge is 2.06. The van der Waals surface area contributed by atoms with E-state index >= 15 is 0 Å². The van der Waals surface area contributed by atoms with Gasteiger partial charge in [-0.25, -0.2) is 0 Å². The lowest BCUT2D eigenvalue weighted by atomic mass is 10.1. The summed E-state index contributed by atoms with van der Waals surface area (Å²) in [4.78, 5) is 11.8. The van der Waals surface area contributed by atoms with E-state index in [2.05, 4.69) is 11.4 Å². The Morgan fingerprint density at radius 1 is 1.26 bits per heavy atom. The molecule has 0 bridgehead atoms. The van der Waals surface area contributed by atoms with Crippen molar-refractivity contribution < 1.29 is 14.5 Å². The first-order valence-corrected chi connectivity index (χ1v) is 6.35. The van der Waals surface area contributed by atoms with Crippen molar-refractivity contribution in [3.05, 3.63) is 53.5 Å². The number of benzene rings is 1. The number of quaternary nitrogens is 1. The quantitative estimate of drug-likeness (QED) is 0.857.